The van der Waals surface area contributed by atoms with E-state index < -0.39 is 17.7 Å². The number of nitrogens with zero attached hydrogens (tertiary/aromatic N) is 1. The molecule has 0 aliphatic carbocycles. The van der Waals surface area contributed by atoms with Gasteiger partial charge < -0.3 is 14.2 Å². The van der Waals surface area contributed by atoms with Crippen LogP contribution in [0.2, 0.25) is 0 Å². The molecule has 2 aromatic carbocycles. The topological polar surface area (TPSA) is 86.2 Å². The molecule has 0 saturated carbocycles. The monoisotopic (exact) mass is 360 g/mol. The highest BCUT2D eigenvalue weighted by Crippen LogP contribution is 2.27. The van der Waals surface area contributed by atoms with E-state index in [0.29, 0.717) is 11.3 Å². The van der Waals surface area contributed by atoms with E-state index in [9.17, 15) is 14.0 Å². The van der Waals surface area contributed by atoms with E-state index in [1.165, 1.54) is 38.4 Å². The third kappa shape index (κ3) is 5.59. The standard InChI is InChI=1S/C18H17FN2O5/c1-12(22)26-16-8-7-13(9-17(16)24-2)10-20-21-18(23)11-25-15-6-4-3-5-14(15)19/h3-10H,11H2,1-2H3,(H,21,23)/b20-10-. The SMILES string of the molecule is COc1cc(/C=N\NC(=O)COc2ccccc2F)ccc1OC(C)=O. The first kappa shape index (κ1) is 18.9. The molecule has 2 aromatic rings. The van der Waals surface area contributed by atoms with E-state index in [0.717, 1.165) is 0 Å². The number of carbonyl (C=O) groups excluding carboxylic acids is 2. The molecule has 26 heavy (non-hydrogen) atoms. The molecule has 0 unspecified atom stereocenters. The fourth-order valence-electron chi connectivity index (χ4n) is 1.92. The number of hydrazone groups is 1. The van der Waals surface area contributed by atoms with Crippen LogP contribution in [-0.4, -0.2) is 31.8 Å². The van der Waals surface area contributed by atoms with E-state index in [-0.39, 0.29) is 18.1 Å². The Labute approximate surface area is 149 Å². The molecule has 1 amide bonds. The first-order valence-corrected chi connectivity index (χ1v) is 7.55. The maximum Gasteiger partial charge on any atom is 0.308 e. The third-order valence-corrected chi connectivity index (χ3v) is 3.04. The zero-order valence-electron chi connectivity index (χ0n) is 14.2. The van der Waals surface area contributed by atoms with Crippen LogP contribution in [0.4, 0.5) is 4.39 Å². The number of ether oxygens (including phenoxy) is 3. The summed E-state index contributed by atoms with van der Waals surface area (Å²) in [6, 6.07) is 10.5. The van der Waals surface area contributed by atoms with Crippen LogP contribution in [0.15, 0.2) is 47.6 Å². The summed E-state index contributed by atoms with van der Waals surface area (Å²) >= 11 is 0. The number of benzene rings is 2. The van der Waals surface area contributed by atoms with E-state index in [1.54, 1.807) is 24.3 Å². The molecule has 0 fully saturated rings. The molecular formula is C18H17FN2O5. The molecule has 2 rings (SSSR count). The Balaban J connectivity index is 1.90. The Morgan fingerprint density at radius 1 is 1.15 bits per heavy atom. The maximum absolute atomic E-state index is 13.4. The van der Waals surface area contributed by atoms with Gasteiger partial charge in [-0.3, -0.25) is 9.59 Å². The van der Waals surface area contributed by atoms with Crippen molar-refractivity contribution in [2.75, 3.05) is 13.7 Å². The summed E-state index contributed by atoms with van der Waals surface area (Å²) in [5, 5.41) is 3.78. The van der Waals surface area contributed by atoms with Gasteiger partial charge in [-0.25, -0.2) is 9.82 Å². The van der Waals surface area contributed by atoms with Crippen molar-refractivity contribution in [2.24, 2.45) is 5.10 Å². The molecule has 0 aliphatic heterocycles. The van der Waals surface area contributed by atoms with Crippen LogP contribution >= 0.6 is 0 Å². The predicted molar refractivity (Wildman–Crippen MR) is 91.9 cm³/mol. The van der Waals surface area contributed by atoms with Crippen molar-refractivity contribution < 1.29 is 28.2 Å². The minimum Gasteiger partial charge on any atom is -0.493 e. The molecule has 8 heteroatoms. The number of carbonyl (C=O) groups is 2. The van der Waals surface area contributed by atoms with E-state index in [1.807, 2.05) is 0 Å². The molecule has 0 atom stereocenters. The number of amides is 1. The van der Waals surface area contributed by atoms with Crippen LogP contribution < -0.4 is 19.6 Å². The number of para-hydroxylation sites is 1. The molecule has 1 N–H and O–H groups in total. The smallest absolute Gasteiger partial charge is 0.308 e. The molecule has 0 saturated heterocycles. The summed E-state index contributed by atoms with van der Waals surface area (Å²) in [5.74, 6) is -0.959. The van der Waals surface area contributed by atoms with E-state index in [4.69, 9.17) is 14.2 Å². The number of rotatable bonds is 7. The van der Waals surface area contributed by atoms with Gasteiger partial charge in [-0.1, -0.05) is 12.1 Å². The second-order valence-corrected chi connectivity index (χ2v) is 5.02. The lowest BCUT2D eigenvalue weighted by Crippen LogP contribution is -2.24. The van der Waals surface area contributed by atoms with Crippen molar-refractivity contribution in [3.05, 3.63) is 53.8 Å². The summed E-state index contributed by atoms with van der Waals surface area (Å²) in [7, 11) is 1.44. The average Bonchev–Trinajstić information content (AvgIpc) is 2.61. The maximum atomic E-state index is 13.4. The quantitative estimate of drug-likeness (QED) is 0.354. The van der Waals surface area contributed by atoms with Crippen LogP contribution in [-0.2, 0) is 9.59 Å². The van der Waals surface area contributed by atoms with Crippen molar-refractivity contribution in [3.63, 3.8) is 0 Å². The second kappa shape index (κ2) is 9.16. The molecule has 7 nitrogen and oxygen atoms in total. The first-order chi connectivity index (χ1) is 12.5. The second-order valence-electron chi connectivity index (χ2n) is 5.02. The Hall–Kier alpha value is -3.42. The highest BCUT2D eigenvalue weighted by Gasteiger charge is 2.08. The third-order valence-electron chi connectivity index (χ3n) is 3.04. The van der Waals surface area contributed by atoms with Crippen molar-refractivity contribution in [3.8, 4) is 17.2 Å². The van der Waals surface area contributed by atoms with Crippen molar-refractivity contribution >= 4 is 18.1 Å². The number of methoxy groups -OCH3 is 1. The van der Waals surface area contributed by atoms with E-state index >= 15 is 0 Å². The zero-order valence-corrected chi connectivity index (χ0v) is 14.2. The normalized spacial score (nSPS) is 10.4. The number of hydrogen-bond acceptors (Lipinski definition) is 6. The molecule has 0 heterocycles. The number of nitrogens with one attached hydrogen (secondary N) is 1. The lowest BCUT2D eigenvalue weighted by Gasteiger charge is -2.08. The summed E-state index contributed by atoms with van der Waals surface area (Å²) in [5.41, 5.74) is 2.87. The van der Waals surface area contributed by atoms with Gasteiger partial charge in [0.1, 0.15) is 0 Å². The van der Waals surface area contributed by atoms with Crippen LogP contribution in [0.3, 0.4) is 0 Å². The van der Waals surface area contributed by atoms with E-state index in [2.05, 4.69) is 10.5 Å². The van der Waals surface area contributed by atoms with Crippen LogP contribution in [0.1, 0.15) is 12.5 Å². The highest BCUT2D eigenvalue weighted by atomic mass is 19.1. The average molecular weight is 360 g/mol. The van der Waals surface area contributed by atoms with Crippen LogP contribution in [0.5, 0.6) is 17.2 Å². The predicted octanol–water partition coefficient (Wildman–Crippen LogP) is 2.29. The van der Waals surface area contributed by atoms with Crippen LogP contribution in [0, 0.1) is 5.82 Å². The summed E-state index contributed by atoms with van der Waals surface area (Å²) in [6.45, 7) is 0.903. The molecule has 0 radical (unpaired) electrons. The van der Waals surface area contributed by atoms with Gasteiger partial charge in [0.2, 0.25) is 0 Å². The van der Waals surface area contributed by atoms with Crippen molar-refractivity contribution in [1.82, 2.24) is 5.43 Å². The molecule has 0 aliphatic rings. The largest absolute Gasteiger partial charge is 0.493 e. The van der Waals surface area contributed by atoms with Crippen molar-refractivity contribution in [2.45, 2.75) is 6.92 Å². The molecule has 0 bridgehead atoms. The lowest BCUT2D eigenvalue weighted by molar-refractivity contribution is -0.132. The summed E-state index contributed by atoms with van der Waals surface area (Å²) < 4.78 is 28.6. The lowest BCUT2D eigenvalue weighted by atomic mass is 10.2. The van der Waals surface area contributed by atoms with Gasteiger partial charge in [0.05, 0.1) is 13.3 Å². The highest BCUT2D eigenvalue weighted by molar-refractivity contribution is 5.84. The Morgan fingerprint density at radius 3 is 2.62 bits per heavy atom. The van der Waals surface area contributed by atoms with Gasteiger partial charge in [0.25, 0.3) is 5.91 Å². The minimum absolute atomic E-state index is 0.0163. The Morgan fingerprint density at radius 2 is 1.92 bits per heavy atom. The fourth-order valence-corrected chi connectivity index (χ4v) is 1.92. The van der Waals surface area contributed by atoms with Gasteiger partial charge in [-0.2, -0.15) is 5.10 Å². The zero-order chi connectivity index (χ0) is 18.9. The summed E-state index contributed by atoms with van der Waals surface area (Å²) in [6.07, 6.45) is 1.38. The molecule has 0 spiro atoms. The van der Waals surface area contributed by atoms with Crippen molar-refractivity contribution in [1.29, 1.82) is 0 Å². The van der Waals surface area contributed by atoms with Gasteiger partial charge in [0, 0.05) is 6.92 Å². The fraction of sp³-hybridized carbons (Fsp3) is 0.167. The summed E-state index contributed by atoms with van der Waals surface area (Å²) in [4.78, 5) is 22.7. The molecular weight excluding hydrogens is 343 g/mol. The van der Waals surface area contributed by atoms with Gasteiger partial charge in [-0.05, 0) is 35.9 Å². The first-order valence-electron chi connectivity index (χ1n) is 7.55. The van der Waals surface area contributed by atoms with Gasteiger partial charge in [-0.15, -0.1) is 0 Å². The van der Waals surface area contributed by atoms with Gasteiger partial charge >= 0.3 is 5.97 Å². The van der Waals surface area contributed by atoms with Crippen LogP contribution in [0.25, 0.3) is 0 Å². The molecule has 136 valence electrons. The minimum atomic E-state index is -0.552. The molecule has 0 aromatic heterocycles. The number of hydrogen-bond donors (Lipinski definition) is 1. The Bertz CT molecular complexity index is 823. The Kier molecular flexibility index (Phi) is 6.67. The number of esters is 1. The number of halogens is 1. The van der Waals surface area contributed by atoms with Gasteiger partial charge in [0.15, 0.2) is 29.7 Å².